The summed E-state index contributed by atoms with van der Waals surface area (Å²) in [6.45, 7) is 60.4. The summed E-state index contributed by atoms with van der Waals surface area (Å²) in [4.78, 5) is 55.8. The van der Waals surface area contributed by atoms with Crippen LogP contribution in [0.1, 0.15) is 173 Å². The van der Waals surface area contributed by atoms with Crippen LogP contribution in [-0.4, -0.2) is 151 Å². The molecule has 5 rings (SSSR count). The van der Waals surface area contributed by atoms with Crippen molar-refractivity contribution in [3.63, 3.8) is 0 Å². The van der Waals surface area contributed by atoms with Crippen molar-refractivity contribution in [2.24, 2.45) is 56.7 Å². The average Bonchev–Trinajstić information content (AvgIpc) is 3.18. The molecule has 0 saturated carbocycles. The minimum Gasteiger partial charge on any atom is -0.447 e. The van der Waals surface area contributed by atoms with Crippen LogP contribution in [0.25, 0.3) is 0 Å². The summed E-state index contributed by atoms with van der Waals surface area (Å²) in [6.07, 6.45) is -1.68. The predicted octanol–water partition coefficient (Wildman–Crippen LogP) is 10.1. The Morgan fingerprint density at radius 1 is 0.307 bits per heavy atom. The Hall–Kier alpha value is -3.85. The fourth-order valence-corrected chi connectivity index (χ4v) is 8.52. The predicted molar refractivity (Wildman–Crippen MR) is 296 cm³/mol. The Bertz CT molecular complexity index is 1460. The molecule has 20 heteroatoms. The third-order valence-electron chi connectivity index (χ3n) is 12.2. The highest BCUT2D eigenvalue weighted by Gasteiger charge is 2.37. The molecule has 5 heterocycles. The van der Waals surface area contributed by atoms with Crippen LogP contribution in [-0.2, 0) is 23.7 Å². The van der Waals surface area contributed by atoms with Gasteiger partial charge in [-0.1, -0.05) is 173 Å². The number of hydrazine groups is 5. The van der Waals surface area contributed by atoms with Crippen molar-refractivity contribution < 1.29 is 47.7 Å². The first-order valence-corrected chi connectivity index (χ1v) is 27.5. The zero-order valence-electron chi connectivity index (χ0n) is 51.7. The molecular weight excluding hydrogens is 961 g/mol. The molecule has 0 aromatic rings. The number of carbonyl (C=O) groups is 5. The van der Waals surface area contributed by atoms with Crippen LogP contribution in [0, 0.1) is 56.7 Å². The van der Waals surface area contributed by atoms with Gasteiger partial charge in [0.25, 0.3) is 0 Å². The van der Waals surface area contributed by atoms with E-state index in [2.05, 4.69) is 200 Å². The normalized spacial score (nSPS) is 23.9. The molecule has 0 aromatic heterocycles. The number of ether oxygens (including phenoxy) is 5. The van der Waals surface area contributed by atoms with Gasteiger partial charge < -0.3 is 23.7 Å². The van der Waals surface area contributed by atoms with Gasteiger partial charge in [-0.15, -0.1) is 0 Å². The number of amides is 5. The number of cyclic esters (lactones) is 5. The third-order valence-corrected chi connectivity index (χ3v) is 12.2. The average molecular weight is 1070 g/mol. The largest absolute Gasteiger partial charge is 0.447 e. The summed E-state index contributed by atoms with van der Waals surface area (Å²) in [5.74, 6) is 2.33. The summed E-state index contributed by atoms with van der Waals surface area (Å²) in [7, 11) is 0. The van der Waals surface area contributed by atoms with E-state index in [-0.39, 0.29) is 87.8 Å². The van der Waals surface area contributed by atoms with Crippen LogP contribution < -0.4 is 27.1 Å². The van der Waals surface area contributed by atoms with Crippen molar-refractivity contribution >= 4 is 30.5 Å². The van der Waals surface area contributed by atoms with Gasteiger partial charge >= 0.3 is 30.5 Å². The lowest BCUT2D eigenvalue weighted by atomic mass is 9.94. The van der Waals surface area contributed by atoms with E-state index < -0.39 is 0 Å². The first kappa shape index (κ1) is 69.2. The lowest BCUT2D eigenvalue weighted by Gasteiger charge is -2.40. The van der Waals surface area contributed by atoms with E-state index in [0.29, 0.717) is 62.6 Å². The molecule has 5 aliphatic rings. The van der Waals surface area contributed by atoms with Crippen LogP contribution in [0.2, 0.25) is 0 Å². The quantitative estimate of drug-likeness (QED) is 0.129. The SMILES string of the molecule is CC(C)[C@H]1COC(=O)NN1CC(C)(C)C.CC(C)[C@H]1COC(=O)NN1CC(C)(C)C.CC(C)[C@H]1COC(=O)NN1CC(C)(C)C.CC(C)[C@H]1COC(=O)NN1CC(C)(C)C.CC(C)[C@H]1COC(=O)NN1CC(C)(C)C. The second-order valence-corrected chi connectivity index (χ2v) is 28.6. The third kappa shape index (κ3) is 28.9. The van der Waals surface area contributed by atoms with Crippen LogP contribution >= 0.6 is 0 Å². The standard InChI is InChI=1S/5C11H22N2O2/c5*1-8(2)9-6-15-10(14)12-13(9)7-11(3,4)5/h5*8-9H,6-7H2,1-5H3,(H,12,14)/t5*9-/m11111/s1. The van der Waals surface area contributed by atoms with Crippen molar-refractivity contribution in [3.05, 3.63) is 0 Å². The van der Waals surface area contributed by atoms with Gasteiger partial charge in [-0.3, -0.25) is 27.1 Å². The Morgan fingerprint density at radius 3 is 0.520 bits per heavy atom. The molecule has 75 heavy (non-hydrogen) atoms. The number of hydrogen-bond acceptors (Lipinski definition) is 15. The molecule has 0 radical (unpaired) electrons. The zero-order valence-corrected chi connectivity index (χ0v) is 51.7. The monoisotopic (exact) mass is 1070 g/mol. The molecule has 0 spiro atoms. The van der Waals surface area contributed by atoms with Gasteiger partial charge in [0.15, 0.2) is 0 Å². The number of nitrogens with one attached hydrogen (secondary N) is 5. The van der Waals surface area contributed by atoms with E-state index in [0.717, 1.165) is 32.7 Å². The molecule has 0 aromatic carbocycles. The summed E-state index contributed by atoms with van der Waals surface area (Å²) in [5.41, 5.74) is 14.7. The summed E-state index contributed by atoms with van der Waals surface area (Å²) in [6, 6.07) is 1.33. The molecule has 20 nitrogen and oxygen atoms in total. The van der Waals surface area contributed by atoms with Crippen LogP contribution in [0.3, 0.4) is 0 Å². The van der Waals surface area contributed by atoms with Gasteiger partial charge in [-0.05, 0) is 56.7 Å². The molecule has 0 bridgehead atoms. The summed E-state index contributed by atoms with van der Waals surface area (Å²) < 4.78 is 25.0. The van der Waals surface area contributed by atoms with Gasteiger partial charge in [0.2, 0.25) is 0 Å². The van der Waals surface area contributed by atoms with Crippen molar-refractivity contribution in [1.29, 1.82) is 0 Å². The Balaban J connectivity index is 0.000000469. The van der Waals surface area contributed by atoms with Crippen LogP contribution in [0.4, 0.5) is 24.0 Å². The Kier molecular flexibility index (Phi) is 27.5. The minimum absolute atomic E-state index is 0.164. The maximum atomic E-state index is 11.2. The molecule has 5 atom stereocenters. The molecule has 0 unspecified atom stereocenters. The van der Waals surface area contributed by atoms with E-state index in [1.807, 2.05) is 25.0 Å². The van der Waals surface area contributed by atoms with Crippen molar-refractivity contribution in [3.8, 4) is 0 Å². The molecule has 5 aliphatic heterocycles. The van der Waals surface area contributed by atoms with E-state index in [1.54, 1.807) is 0 Å². The second kappa shape index (κ2) is 29.8. The van der Waals surface area contributed by atoms with Crippen LogP contribution in [0.5, 0.6) is 0 Å². The maximum absolute atomic E-state index is 11.2. The highest BCUT2D eigenvalue weighted by Crippen LogP contribution is 2.25. The van der Waals surface area contributed by atoms with E-state index in [4.69, 9.17) is 23.7 Å². The van der Waals surface area contributed by atoms with Gasteiger partial charge in [-0.25, -0.2) is 49.0 Å². The second-order valence-electron chi connectivity index (χ2n) is 28.6. The van der Waals surface area contributed by atoms with Crippen molar-refractivity contribution in [2.75, 3.05) is 65.8 Å². The number of hydrogen-bond donors (Lipinski definition) is 5. The summed E-state index contributed by atoms with van der Waals surface area (Å²) >= 11 is 0. The number of rotatable bonds is 10. The van der Waals surface area contributed by atoms with E-state index >= 15 is 0 Å². The maximum Gasteiger partial charge on any atom is 0.421 e. The molecule has 5 fully saturated rings. The first-order chi connectivity index (χ1) is 34.0. The topological polar surface area (TPSA) is 208 Å². The highest BCUT2D eigenvalue weighted by molar-refractivity contribution is 5.68. The van der Waals surface area contributed by atoms with Gasteiger partial charge in [0.05, 0.1) is 30.2 Å². The smallest absolute Gasteiger partial charge is 0.421 e. The van der Waals surface area contributed by atoms with Crippen molar-refractivity contribution in [1.82, 2.24) is 52.2 Å². The molecule has 5 amide bonds. The Labute approximate surface area is 454 Å². The van der Waals surface area contributed by atoms with E-state index in [9.17, 15) is 24.0 Å². The van der Waals surface area contributed by atoms with E-state index in [1.165, 1.54) is 0 Å². The fourth-order valence-electron chi connectivity index (χ4n) is 8.52. The highest BCUT2D eigenvalue weighted by atomic mass is 16.6. The van der Waals surface area contributed by atoms with Crippen molar-refractivity contribution in [2.45, 2.75) is 203 Å². The molecule has 5 N–H and O–H groups in total. The van der Waals surface area contributed by atoms with Gasteiger partial charge in [-0.2, -0.15) is 0 Å². The number of carbonyl (C=O) groups excluding carboxylic acids is 5. The Morgan fingerprint density at radius 2 is 0.427 bits per heavy atom. The minimum atomic E-state index is -0.337. The zero-order chi connectivity index (χ0) is 58.2. The lowest BCUT2D eigenvalue weighted by Crippen LogP contribution is -2.59. The first-order valence-electron chi connectivity index (χ1n) is 27.5. The summed E-state index contributed by atoms with van der Waals surface area (Å²) in [5, 5.41) is 10.1. The molecule has 5 saturated heterocycles. The van der Waals surface area contributed by atoms with Crippen LogP contribution in [0.15, 0.2) is 0 Å². The van der Waals surface area contributed by atoms with Gasteiger partial charge in [0, 0.05) is 32.7 Å². The lowest BCUT2D eigenvalue weighted by molar-refractivity contribution is -0.0254. The molecule has 440 valence electrons. The fraction of sp³-hybridized carbons (Fsp3) is 0.909. The molecule has 0 aliphatic carbocycles. The number of nitrogens with zero attached hydrogens (tertiary/aromatic N) is 5. The van der Waals surface area contributed by atoms with Gasteiger partial charge in [0.1, 0.15) is 33.0 Å². The molecular formula is C55H110N10O10.